The highest BCUT2D eigenvalue weighted by Crippen LogP contribution is 2.33. The standard InChI is InChI=1S/C25H30N4O3/c1-17(2)24(20-10-8-19(9-11-20)18-6-4-3-5-7-18)26-16-23-27-28-25(32-23)21-12-14-22(15-13-21)29(30)31/h8-15,17-18,24,26H,3-7,16H2,1-2H3/t24-/m1/s1. The molecule has 0 aliphatic heterocycles. The highest BCUT2D eigenvalue weighted by atomic mass is 16.6. The van der Waals surface area contributed by atoms with Gasteiger partial charge in [0.25, 0.3) is 5.69 Å². The van der Waals surface area contributed by atoms with E-state index in [-0.39, 0.29) is 11.7 Å². The second-order valence-corrected chi connectivity index (χ2v) is 8.91. The highest BCUT2D eigenvalue weighted by molar-refractivity contribution is 5.55. The largest absolute Gasteiger partial charge is 0.419 e. The third-order valence-corrected chi connectivity index (χ3v) is 6.30. The number of nitrogens with zero attached hydrogens (tertiary/aromatic N) is 3. The van der Waals surface area contributed by atoms with Crippen LogP contribution < -0.4 is 5.32 Å². The molecule has 1 heterocycles. The van der Waals surface area contributed by atoms with Gasteiger partial charge in [0.05, 0.1) is 11.5 Å². The average Bonchev–Trinajstić information content (AvgIpc) is 3.29. The molecule has 1 aliphatic carbocycles. The van der Waals surface area contributed by atoms with Crippen LogP contribution in [0.3, 0.4) is 0 Å². The van der Waals surface area contributed by atoms with Crippen LogP contribution in [0.5, 0.6) is 0 Å². The zero-order chi connectivity index (χ0) is 22.5. The van der Waals surface area contributed by atoms with Crippen LogP contribution in [-0.4, -0.2) is 15.1 Å². The molecule has 32 heavy (non-hydrogen) atoms. The fourth-order valence-electron chi connectivity index (χ4n) is 4.51. The molecular weight excluding hydrogens is 404 g/mol. The summed E-state index contributed by atoms with van der Waals surface area (Å²) in [5.74, 6) is 1.95. The van der Waals surface area contributed by atoms with Crippen LogP contribution >= 0.6 is 0 Å². The first-order chi connectivity index (χ1) is 15.5. The minimum Gasteiger partial charge on any atom is -0.419 e. The molecule has 0 spiro atoms. The first-order valence-corrected chi connectivity index (χ1v) is 11.4. The van der Waals surface area contributed by atoms with Gasteiger partial charge in [-0.1, -0.05) is 57.4 Å². The van der Waals surface area contributed by atoms with Gasteiger partial charge in [-0.3, -0.25) is 10.1 Å². The smallest absolute Gasteiger partial charge is 0.269 e. The van der Waals surface area contributed by atoms with Gasteiger partial charge in [-0.05, 0) is 47.9 Å². The molecule has 0 radical (unpaired) electrons. The Morgan fingerprint density at radius 3 is 2.34 bits per heavy atom. The Labute approximate surface area is 188 Å². The Morgan fingerprint density at radius 2 is 1.72 bits per heavy atom. The third-order valence-electron chi connectivity index (χ3n) is 6.30. The van der Waals surface area contributed by atoms with Crippen LogP contribution in [0.25, 0.3) is 11.5 Å². The first kappa shape index (κ1) is 22.1. The molecule has 4 rings (SSSR count). The fraction of sp³-hybridized carbons (Fsp3) is 0.440. The molecule has 7 nitrogen and oxygen atoms in total. The maximum atomic E-state index is 10.8. The predicted octanol–water partition coefficient (Wildman–Crippen LogP) is 6.18. The summed E-state index contributed by atoms with van der Waals surface area (Å²) in [6, 6.07) is 15.4. The van der Waals surface area contributed by atoms with Crippen molar-refractivity contribution in [1.82, 2.24) is 15.5 Å². The molecule has 0 saturated heterocycles. The summed E-state index contributed by atoms with van der Waals surface area (Å²) in [7, 11) is 0. The second-order valence-electron chi connectivity index (χ2n) is 8.91. The van der Waals surface area contributed by atoms with Crippen LogP contribution in [-0.2, 0) is 6.54 Å². The number of hydrogen-bond acceptors (Lipinski definition) is 6. The lowest BCUT2D eigenvalue weighted by Gasteiger charge is -2.25. The van der Waals surface area contributed by atoms with E-state index in [9.17, 15) is 10.1 Å². The highest BCUT2D eigenvalue weighted by Gasteiger charge is 2.19. The molecular formula is C25H30N4O3. The Hall–Kier alpha value is -3.06. The van der Waals surface area contributed by atoms with Gasteiger partial charge in [0.2, 0.25) is 11.8 Å². The number of nitro benzene ring substituents is 1. The number of hydrogen-bond donors (Lipinski definition) is 1. The van der Waals surface area contributed by atoms with E-state index in [1.54, 1.807) is 12.1 Å². The Kier molecular flexibility index (Phi) is 6.95. The monoisotopic (exact) mass is 434 g/mol. The van der Waals surface area contributed by atoms with Crippen LogP contribution in [0.15, 0.2) is 52.9 Å². The van der Waals surface area contributed by atoms with Crippen LogP contribution in [0.4, 0.5) is 5.69 Å². The van der Waals surface area contributed by atoms with E-state index in [1.165, 1.54) is 55.4 Å². The molecule has 1 aliphatic rings. The summed E-state index contributed by atoms with van der Waals surface area (Å²) < 4.78 is 5.78. The second kappa shape index (κ2) is 10.0. The summed E-state index contributed by atoms with van der Waals surface area (Å²) >= 11 is 0. The number of benzene rings is 2. The summed E-state index contributed by atoms with van der Waals surface area (Å²) in [5, 5.41) is 22.6. The first-order valence-electron chi connectivity index (χ1n) is 11.4. The molecule has 0 bridgehead atoms. The van der Waals surface area contributed by atoms with Gasteiger partial charge >= 0.3 is 0 Å². The van der Waals surface area contributed by atoms with Crippen molar-refractivity contribution in [3.63, 3.8) is 0 Å². The Bertz CT molecular complexity index is 1020. The fourth-order valence-corrected chi connectivity index (χ4v) is 4.51. The van der Waals surface area contributed by atoms with E-state index >= 15 is 0 Å². The lowest BCUT2D eigenvalue weighted by Crippen LogP contribution is -2.25. The molecule has 168 valence electrons. The van der Waals surface area contributed by atoms with E-state index in [1.807, 2.05) is 0 Å². The molecule has 0 unspecified atom stereocenters. The lowest BCUT2D eigenvalue weighted by atomic mass is 9.83. The van der Waals surface area contributed by atoms with Gasteiger partial charge in [0, 0.05) is 23.7 Å². The maximum absolute atomic E-state index is 10.8. The van der Waals surface area contributed by atoms with Crippen LogP contribution in [0.2, 0.25) is 0 Å². The molecule has 1 fully saturated rings. The topological polar surface area (TPSA) is 94.1 Å². The summed E-state index contributed by atoms with van der Waals surface area (Å²) in [4.78, 5) is 10.4. The van der Waals surface area contributed by atoms with Crippen molar-refractivity contribution in [2.24, 2.45) is 5.92 Å². The van der Waals surface area contributed by atoms with Crippen molar-refractivity contribution in [2.45, 2.75) is 64.5 Å². The third kappa shape index (κ3) is 5.22. The van der Waals surface area contributed by atoms with Crippen molar-refractivity contribution in [2.75, 3.05) is 0 Å². The normalized spacial score (nSPS) is 15.7. The van der Waals surface area contributed by atoms with Gasteiger partial charge in [0.15, 0.2) is 0 Å². The van der Waals surface area contributed by atoms with E-state index in [0.717, 1.165) is 0 Å². The minimum absolute atomic E-state index is 0.0319. The molecule has 0 amide bonds. The molecule has 1 saturated carbocycles. The van der Waals surface area contributed by atoms with E-state index in [4.69, 9.17) is 4.42 Å². The van der Waals surface area contributed by atoms with Crippen LogP contribution in [0.1, 0.15) is 74.9 Å². The molecule has 7 heteroatoms. The molecule has 3 aromatic rings. The zero-order valence-corrected chi connectivity index (χ0v) is 18.7. The minimum atomic E-state index is -0.430. The van der Waals surface area contributed by atoms with E-state index in [2.05, 4.69) is 53.6 Å². The van der Waals surface area contributed by atoms with Crippen molar-refractivity contribution >= 4 is 5.69 Å². The zero-order valence-electron chi connectivity index (χ0n) is 18.7. The van der Waals surface area contributed by atoms with Crippen LogP contribution in [0, 0.1) is 16.0 Å². The van der Waals surface area contributed by atoms with Crippen molar-refractivity contribution in [1.29, 1.82) is 0 Å². The van der Waals surface area contributed by atoms with Crippen molar-refractivity contribution in [3.05, 3.63) is 75.7 Å². The van der Waals surface area contributed by atoms with E-state index in [0.29, 0.717) is 35.7 Å². The molecule has 1 N–H and O–H groups in total. The number of nitrogens with one attached hydrogen (secondary N) is 1. The Morgan fingerprint density at radius 1 is 1.03 bits per heavy atom. The summed E-state index contributed by atoms with van der Waals surface area (Å²) in [5.41, 5.74) is 3.41. The van der Waals surface area contributed by atoms with Gasteiger partial charge in [-0.2, -0.15) is 0 Å². The van der Waals surface area contributed by atoms with Gasteiger partial charge in [-0.15, -0.1) is 10.2 Å². The van der Waals surface area contributed by atoms with E-state index < -0.39 is 4.92 Å². The van der Waals surface area contributed by atoms with Gasteiger partial charge < -0.3 is 9.73 Å². The SMILES string of the molecule is CC(C)[C@@H](NCc1nnc(-c2ccc([N+](=O)[O-])cc2)o1)c1ccc(C2CCCCC2)cc1. The van der Waals surface area contributed by atoms with Crippen molar-refractivity contribution < 1.29 is 9.34 Å². The van der Waals surface area contributed by atoms with Gasteiger partial charge in [0.1, 0.15) is 0 Å². The number of non-ortho nitro benzene ring substituents is 1. The maximum Gasteiger partial charge on any atom is 0.269 e. The van der Waals surface area contributed by atoms with Gasteiger partial charge in [-0.25, -0.2) is 0 Å². The summed E-state index contributed by atoms with van der Waals surface area (Å²) in [6.07, 6.45) is 6.66. The lowest BCUT2D eigenvalue weighted by molar-refractivity contribution is -0.384. The van der Waals surface area contributed by atoms with Crippen molar-refractivity contribution in [3.8, 4) is 11.5 Å². The molecule has 2 aromatic carbocycles. The number of nitro groups is 1. The molecule has 1 atom stereocenters. The number of aromatic nitrogens is 2. The summed E-state index contributed by atoms with van der Waals surface area (Å²) in [6.45, 7) is 4.85. The predicted molar refractivity (Wildman–Crippen MR) is 123 cm³/mol. The number of rotatable bonds is 8. The Balaban J connectivity index is 1.40. The molecule has 1 aromatic heterocycles. The average molecular weight is 435 g/mol. The quantitative estimate of drug-likeness (QED) is 0.336.